The van der Waals surface area contributed by atoms with E-state index in [1.807, 2.05) is 26.0 Å². The van der Waals surface area contributed by atoms with Crippen LogP contribution in [-0.2, 0) is 19.3 Å². The molecule has 0 saturated carbocycles. The number of carboxylic acids is 1. The number of ether oxygens (including phenoxy) is 1. The van der Waals surface area contributed by atoms with Crippen LogP contribution in [0.2, 0.25) is 0 Å². The Balaban J connectivity index is 2.31. The van der Waals surface area contributed by atoms with Crippen LogP contribution in [0.3, 0.4) is 0 Å². The van der Waals surface area contributed by atoms with E-state index in [2.05, 4.69) is 12.2 Å². The van der Waals surface area contributed by atoms with Crippen molar-refractivity contribution in [2.75, 3.05) is 7.11 Å². The van der Waals surface area contributed by atoms with Gasteiger partial charge in [0.1, 0.15) is 6.10 Å². The fourth-order valence-corrected chi connectivity index (χ4v) is 2.79. The lowest BCUT2D eigenvalue weighted by Crippen LogP contribution is -2.46. The first-order chi connectivity index (χ1) is 11.0. The molecule has 0 aromatic heterocycles. The second-order valence-electron chi connectivity index (χ2n) is 6.17. The summed E-state index contributed by atoms with van der Waals surface area (Å²) in [7, 11) is 1.62. The quantitative estimate of drug-likeness (QED) is 0.369. The zero-order valence-corrected chi connectivity index (χ0v) is 14.5. The minimum atomic E-state index is -0.874. The molecule has 1 N–H and O–H groups in total. The summed E-state index contributed by atoms with van der Waals surface area (Å²) in [6.07, 6.45) is 13.5. The molecule has 0 amide bonds. The van der Waals surface area contributed by atoms with Crippen LogP contribution in [0.1, 0.15) is 58.8 Å². The molecular formula is C18H30O5. The topological polar surface area (TPSA) is 65.0 Å². The summed E-state index contributed by atoms with van der Waals surface area (Å²) in [6, 6.07) is 0. The highest BCUT2D eigenvalue weighted by Crippen LogP contribution is 2.36. The SMILES string of the molecule is C/C=C/C=C/CCCCC[C@]1(OC)C[C@H](C)[C@@H](CC(=O)O)OO1. The lowest BCUT2D eigenvalue weighted by atomic mass is 9.90. The van der Waals surface area contributed by atoms with Gasteiger partial charge in [-0.25, -0.2) is 9.78 Å². The molecule has 1 aliphatic rings. The summed E-state index contributed by atoms with van der Waals surface area (Å²) in [4.78, 5) is 21.6. The summed E-state index contributed by atoms with van der Waals surface area (Å²) < 4.78 is 5.54. The Hall–Kier alpha value is -1.17. The molecule has 0 spiro atoms. The average Bonchev–Trinajstić information content (AvgIpc) is 2.52. The Morgan fingerprint density at radius 1 is 1.35 bits per heavy atom. The highest BCUT2D eigenvalue weighted by Gasteiger charge is 2.42. The van der Waals surface area contributed by atoms with E-state index in [0.29, 0.717) is 6.42 Å². The van der Waals surface area contributed by atoms with E-state index in [-0.39, 0.29) is 12.3 Å². The van der Waals surface area contributed by atoms with Gasteiger partial charge in [-0.3, -0.25) is 4.79 Å². The van der Waals surface area contributed by atoms with E-state index in [0.717, 1.165) is 32.1 Å². The van der Waals surface area contributed by atoms with Crippen molar-refractivity contribution in [3.8, 4) is 0 Å². The molecule has 0 radical (unpaired) electrons. The average molecular weight is 326 g/mol. The first-order valence-corrected chi connectivity index (χ1v) is 8.42. The molecular weight excluding hydrogens is 296 g/mol. The molecule has 1 heterocycles. The van der Waals surface area contributed by atoms with Gasteiger partial charge in [0.25, 0.3) is 0 Å². The predicted octanol–water partition coefficient (Wildman–Crippen LogP) is 4.24. The molecule has 0 aromatic rings. The Bertz CT molecular complexity index is 404. The van der Waals surface area contributed by atoms with Crippen LogP contribution < -0.4 is 0 Å². The molecule has 5 nitrogen and oxygen atoms in total. The monoisotopic (exact) mass is 326 g/mol. The molecule has 23 heavy (non-hydrogen) atoms. The summed E-state index contributed by atoms with van der Waals surface area (Å²) in [6.45, 7) is 3.98. The van der Waals surface area contributed by atoms with Gasteiger partial charge in [-0.15, -0.1) is 0 Å². The Morgan fingerprint density at radius 3 is 2.74 bits per heavy atom. The van der Waals surface area contributed by atoms with Gasteiger partial charge in [-0.05, 0) is 32.1 Å². The van der Waals surface area contributed by atoms with E-state index in [1.54, 1.807) is 7.11 Å². The minimum Gasteiger partial charge on any atom is -0.481 e. The van der Waals surface area contributed by atoms with Crippen molar-refractivity contribution in [2.24, 2.45) is 5.92 Å². The van der Waals surface area contributed by atoms with Gasteiger partial charge in [0.15, 0.2) is 0 Å². The molecule has 1 fully saturated rings. The van der Waals surface area contributed by atoms with Gasteiger partial charge >= 0.3 is 5.97 Å². The smallest absolute Gasteiger partial charge is 0.306 e. The van der Waals surface area contributed by atoms with Crippen LogP contribution in [0.15, 0.2) is 24.3 Å². The minimum absolute atomic E-state index is 0.0422. The lowest BCUT2D eigenvalue weighted by Gasteiger charge is -2.40. The van der Waals surface area contributed by atoms with Crippen molar-refractivity contribution in [3.63, 3.8) is 0 Å². The van der Waals surface area contributed by atoms with Gasteiger partial charge < -0.3 is 9.84 Å². The number of hydrogen-bond donors (Lipinski definition) is 1. The number of hydrogen-bond acceptors (Lipinski definition) is 4. The third-order valence-electron chi connectivity index (χ3n) is 4.21. The van der Waals surface area contributed by atoms with Gasteiger partial charge in [0, 0.05) is 20.0 Å². The first kappa shape index (κ1) is 19.9. The van der Waals surface area contributed by atoms with Crippen LogP contribution in [0.5, 0.6) is 0 Å². The van der Waals surface area contributed by atoms with E-state index in [9.17, 15) is 4.79 Å². The Morgan fingerprint density at radius 2 is 2.13 bits per heavy atom. The number of methoxy groups -OCH3 is 1. The Labute approximate surface area is 139 Å². The van der Waals surface area contributed by atoms with Crippen LogP contribution in [0, 0.1) is 5.92 Å². The van der Waals surface area contributed by atoms with Crippen molar-refractivity contribution in [2.45, 2.75) is 70.7 Å². The fraction of sp³-hybridized carbons (Fsp3) is 0.722. The largest absolute Gasteiger partial charge is 0.481 e. The highest BCUT2D eigenvalue weighted by molar-refractivity contribution is 5.67. The number of carbonyl (C=O) groups is 1. The zero-order chi connectivity index (χ0) is 17.1. The van der Waals surface area contributed by atoms with E-state index < -0.39 is 17.9 Å². The molecule has 0 aliphatic carbocycles. The maximum absolute atomic E-state index is 10.8. The highest BCUT2D eigenvalue weighted by atomic mass is 17.2. The van der Waals surface area contributed by atoms with E-state index >= 15 is 0 Å². The van der Waals surface area contributed by atoms with Crippen LogP contribution in [0.25, 0.3) is 0 Å². The van der Waals surface area contributed by atoms with Crippen molar-refractivity contribution >= 4 is 5.97 Å². The maximum atomic E-state index is 10.8. The van der Waals surface area contributed by atoms with Crippen molar-refractivity contribution in [3.05, 3.63) is 24.3 Å². The van der Waals surface area contributed by atoms with E-state index in [4.69, 9.17) is 19.6 Å². The molecule has 0 unspecified atom stereocenters. The third kappa shape index (κ3) is 7.29. The molecule has 0 bridgehead atoms. The number of aliphatic carboxylic acids is 1. The molecule has 5 heteroatoms. The molecule has 132 valence electrons. The van der Waals surface area contributed by atoms with E-state index in [1.165, 1.54) is 0 Å². The van der Waals surface area contributed by atoms with Gasteiger partial charge in [-0.1, -0.05) is 37.6 Å². The lowest BCUT2D eigenvalue weighted by molar-refractivity contribution is -0.475. The predicted molar refractivity (Wildman–Crippen MR) is 88.8 cm³/mol. The molecule has 3 atom stereocenters. The number of unbranched alkanes of at least 4 members (excludes halogenated alkanes) is 3. The van der Waals surface area contributed by atoms with Crippen molar-refractivity contribution < 1.29 is 24.4 Å². The normalized spacial score (nSPS) is 28.7. The first-order valence-electron chi connectivity index (χ1n) is 8.42. The summed E-state index contributed by atoms with van der Waals surface area (Å²) >= 11 is 0. The summed E-state index contributed by atoms with van der Waals surface area (Å²) in [5.41, 5.74) is 0. The fourth-order valence-electron chi connectivity index (χ4n) is 2.79. The third-order valence-corrected chi connectivity index (χ3v) is 4.21. The number of rotatable bonds is 10. The van der Waals surface area contributed by atoms with Crippen LogP contribution in [0.4, 0.5) is 0 Å². The molecule has 0 aromatic carbocycles. The number of allylic oxidation sites excluding steroid dienone is 4. The zero-order valence-electron chi connectivity index (χ0n) is 14.5. The van der Waals surface area contributed by atoms with Gasteiger partial charge in [-0.2, -0.15) is 0 Å². The summed E-state index contributed by atoms with van der Waals surface area (Å²) in [5.74, 6) is -1.53. The summed E-state index contributed by atoms with van der Waals surface area (Å²) in [5, 5.41) is 8.87. The van der Waals surface area contributed by atoms with Crippen molar-refractivity contribution in [1.29, 1.82) is 0 Å². The molecule has 1 aliphatic heterocycles. The van der Waals surface area contributed by atoms with Gasteiger partial charge in [0.05, 0.1) is 6.42 Å². The molecule has 1 saturated heterocycles. The Kier molecular flexibility index (Phi) is 9.14. The van der Waals surface area contributed by atoms with Crippen LogP contribution >= 0.6 is 0 Å². The second-order valence-corrected chi connectivity index (χ2v) is 6.17. The molecule has 1 rings (SSSR count). The number of carboxylic acid groups (broad SMARTS) is 1. The standard InChI is InChI=1S/C18H30O5/c1-4-5-6-7-8-9-10-11-12-18(21-3)14-15(2)16(22-23-18)13-17(19)20/h4-7,15-16H,8-14H2,1-3H3,(H,19,20)/b5-4+,7-6+/t15-,16+,18+/m0/s1. The van der Waals surface area contributed by atoms with Crippen molar-refractivity contribution in [1.82, 2.24) is 0 Å². The van der Waals surface area contributed by atoms with Gasteiger partial charge in [0.2, 0.25) is 5.79 Å². The van der Waals surface area contributed by atoms with Crippen LogP contribution in [-0.4, -0.2) is 30.1 Å². The second kappa shape index (κ2) is 10.6. The maximum Gasteiger partial charge on any atom is 0.306 e.